The van der Waals surface area contributed by atoms with E-state index in [0.29, 0.717) is 6.61 Å². The maximum absolute atomic E-state index is 12.0. The van der Waals surface area contributed by atoms with E-state index in [9.17, 15) is 4.79 Å². The van der Waals surface area contributed by atoms with Crippen LogP contribution in [0.3, 0.4) is 0 Å². The second kappa shape index (κ2) is 10.1. The topological polar surface area (TPSA) is 63.2 Å². The van der Waals surface area contributed by atoms with Crippen LogP contribution >= 0.6 is 0 Å². The summed E-state index contributed by atoms with van der Waals surface area (Å²) in [6.07, 6.45) is -1.94. The molecular formula is C30H32O6. The number of rotatable bonds is 7. The molecule has 0 N–H and O–H groups in total. The van der Waals surface area contributed by atoms with E-state index in [0.717, 1.165) is 16.7 Å². The summed E-state index contributed by atoms with van der Waals surface area (Å²) in [7, 11) is 0. The van der Waals surface area contributed by atoms with Gasteiger partial charge in [-0.2, -0.15) is 0 Å². The fourth-order valence-corrected chi connectivity index (χ4v) is 5.17. The van der Waals surface area contributed by atoms with Gasteiger partial charge in [0, 0.05) is 6.92 Å². The molecule has 2 heterocycles. The Bertz CT molecular complexity index is 1050. The minimum Gasteiger partial charge on any atom is -0.457 e. The van der Waals surface area contributed by atoms with Crippen molar-refractivity contribution in [1.29, 1.82) is 0 Å². The van der Waals surface area contributed by atoms with Gasteiger partial charge in [0.05, 0.1) is 13.2 Å². The number of hydrogen-bond donors (Lipinski definition) is 0. The van der Waals surface area contributed by atoms with Gasteiger partial charge in [-0.05, 0) is 30.5 Å². The molecule has 2 saturated heterocycles. The predicted octanol–water partition coefficient (Wildman–Crippen LogP) is 4.85. The van der Waals surface area contributed by atoms with Gasteiger partial charge in [-0.15, -0.1) is 0 Å². The van der Waals surface area contributed by atoms with E-state index in [1.54, 1.807) is 0 Å². The zero-order valence-electron chi connectivity index (χ0n) is 20.8. The maximum atomic E-state index is 12.0. The largest absolute Gasteiger partial charge is 0.457 e. The highest BCUT2D eigenvalue weighted by Crippen LogP contribution is 2.42. The third-order valence-corrected chi connectivity index (χ3v) is 6.73. The summed E-state index contributed by atoms with van der Waals surface area (Å²) >= 11 is 0. The Morgan fingerprint density at radius 2 is 1.39 bits per heavy atom. The van der Waals surface area contributed by atoms with E-state index in [4.69, 9.17) is 23.7 Å². The Kier molecular flexibility index (Phi) is 6.95. The van der Waals surface area contributed by atoms with E-state index >= 15 is 0 Å². The number of esters is 1. The van der Waals surface area contributed by atoms with E-state index in [1.807, 2.05) is 68.4 Å². The number of hydrogen-bond acceptors (Lipinski definition) is 6. The third-order valence-electron chi connectivity index (χ3n) is 6.73. The summed E-state index contributed by atoms with van der Waals surface area (Å²) in [5.74, 6) is -1.18. The summed E-state index contributed by atoms with van der Waals surface area (Å²) in [5.41, 5.74) is 2.06. The van der Waals surface area contributed by atoms with Gasteiger partial charge < -0.3 is 23.7 Å². The van der Waals surface area contributed by atoms with Crippen molar-refractivity contribution in [3.05, 3.63) is 108 Å². The van der Waals surface area contributed by atoms with Crippen molar-refractivity contribution < 1.29 is 28.5 Å². The van der Waals surface area contributed by atoms with Crippen molar-refractivity contribution >= 4 is 5.97 Å². The molecule has 3 aromatic rings. The van der Waals surface area contributed by atoms with Crippen LogP contribution in [0.1, 0.15) is 37.5 Å². The van der Waals surface area contributed by atoms with Crippen LogP contribution in [-0.4, -0.2) is 49.4 Å². The van der Waals surface area contributed by atoms with Crippen LogP contribution in [0.25, 0.3) is 0 Å². The fourth-order valence-electron chi connectivity index (χ4n) is 5.17. The molecule has 188 valence electrons. The molecule has 6 nitrogen and oxygen atoms in total. The standard InChI is InChI=1S/C30H32O6/c1-21(31)34-27-25(35-26-19-32-29(2,3)36-28(26)27)20-33-30(22-13-7-4-8-14-22,23-15-9-5-10-16-23)24-17-11-6-12-18-24/h4-18,25-28H,19-20H2,1-3H3/t25-,26+,27-,28+/m1/s1. The molecule has 0 bridgehead atoms. The Hall–Kier alpha value is -3.03. The Morgan fingerprint density at radius 1 is 0.889 bits per heavy atom. The number of ether oxygens (including phenoxy) is 5. The minimum absolute atomic E-state index is 0.174. The lowest BCUT2D eigenvalue weighted by atomic mass is 9.80. The van der Waals surface area contributed by atoms with Crippen LogP contribution in [0.15, 0.2) is 91.0 Å². The molecule has 2 aliphatic heterocycles. The minimum atomic E-state index is -0.904. The van der Waals surface area contributed by atoms with Crippen molar-refractivity contribution in [3.8, 4) is 0 Å². The molecule has 0 aromatic heterocycles. The van der Waals surface area contributed by atoms with Gasteiger partial charge in [-0.1, -0.05) is 91.0 Å². The van der Waals surface area contributed by atoms with Crippen LogP contribution < -0.4 is 0 Å². The highest BCUT2D eigenvalue weighted by molar-refractivity contribution is 5.66. The molecule has 5 rings (SSSR count). The molecule has 6 heteroatoms. The molecule has 0 unspecified atom stereocenters. The van der Waals surface area contributed by atoms with Gasteiger partial charge in [0.1, 0.15) is 23.9 Å². The van der Waals surface area contributed by atoms with Crippen molar-refractivity contribution in [2.45, 2.75) is 56.6 Å². The van der Waals surface area contributed by atoms with Crippen molar-refractivity contribution in [2.24, 2.45) is 0 Å². The predicted molar refractivity (Wildman–Crippen MR) is 134 cm³/mol. The van der Waals surface area contributed by atoms with Crippen LogP contribution in [0, 0.1) is 0 Å². The van der Waals surface area contributed by atoms with E-state index in [1.165, 1.54) is 6.92 Å². The van der Waals surface area contributed by atoms with Crippen LogP contribution in [0.4, 0.5) is 0 Å². The van der Waals surface area contributed by atoms with Crippen molar-refractivity contribution in [3.63, 3.8) is 0 Å². The Balaban J connectivity index is 1.53. The van der Waals surface area contributed by atoms with Crippen molar-refractivity contribution in [1.82, 2.24) is 0 Å². The molecule has 0 spiro atoms. The van der Waals surface area contributed by atoms with Gasteiger partial charge >= 0.3 is 5.97 Å². The Labute approximate surface area is 212 Å². The summed E-state index contributed by atoms with van der Waals surface area (Å²) in [4.78, 5) is 12.0. The Morgan fingerprint density at radius 3 is 1.86 bits per heavy atom. The number of benzene rings is 3. The average Bonchev–Trinajstić information content (AvgIpc) is 3.21. The summed E-state index contributed by atoms with van der Waals surface area (Å²) < 4.78 is 30.9. The van der Waals surface area contributed by atoms with Gasteiger partial charge in [-0.3, -0.25) is 4.79 Å². The smallest absolute Gasteiger partial charge is 0.303 e. The first-order chi connectivity index (χ1) is 17.4. The monoisotopic (exact) mass is 488 g/mol. The van der Waals surface area contributed by atoms with E-state index in [-0.39, 0.29) is 18.7 Å². The lowest BCUT2D eigenvalue weighted by Gasteiger charge is -2.38. The first-order valence-corrected chi connectivity index (χ1v) is 12.3. The van der Waals surface area contributed by atoms with Gasteiger partial charge in [0.25, 0.3) is 0 Å². The maximum Gasteiger partial charge on any atom is 0.303 e. The second-order valence-corrected chi connectivity index (χ2v) is 9.67. The summed E-state index contributed by atoms with van der Waals surface area (Å²) in [6.45, 7) is 5.63. The van der Waals surface area contributed by atoms with Gasteiger partial charge in [0.15, 0.2) is 11.9 Å². The number of carbonyl (C=O) groups excluding carboxylic acids is 1. The van der Waals surface area contributed by atoms with Gasteiger partial charge in [0.2, 0.25) is 0 Å². The molecular weight excluding hydrogens is 456 g/mol. The molecule has 2 aliphatic rings. The zero-order chi connectivity index (χ0) is 25.2. The van der Waals surface area contributed by atoms with Crippen LogP contribution in [0.5, 0.6) is 0 Å². The zero-order valence-corrected chi connectivity index (χ0v) is 20.8. The summed E-state index contributed by atoms with van der Waals surface area (Å²) in [5, 5.41) is 0. The molecule has 0 aliphatic carbocycles. The molecule has 36 heavy (non-hydrogen) atoms. The van der Waals surface area contributed by atoms with Crippen LogP contribution in [-0.2, 0) is 34.1 Å². The molecule has 0 amide bonds. The molecule has 3 aromatic carbocycles. The normalized spacial score (nSPS) is 25.2. The lowest BCUT2D eigenvalue weighted by molar-refractivity contribution is -0.300. The SMILES string of the molecule is CC(=O)O[C@H]1[C@H]2OC(C)(C)OC[C@@H]2O[C@@H]1COC(c1ccccc1)(c1ccccc1)c1ccccc1. The van der Waals surface area contributed by atoms with Crippen molar-refractivity contribution in [2.75, 3.05) is 13.2 Å². The number of fused-ring (bicyclic) bond motifs is 1. The van der Waals surface area contributed by atoms with Crippen LogP contribution in [0.2, 0.25) is 0 Å². The lowest BCUT2D eigenvalue weighted by Crippen LogP contribution is -2.51. The summed E-state index contributed by atoms with van der Waals surface area (Å²) in [6, 6.07) is 30.4. The molecule has 4 atom stereocenters. The fraction of sp³-hybridized carbons (Fsp3) is 0.367. The first-order valence-electron chi connectivity index (χ1n) is 12.3. The third kappa shape index (κ3) is 4.82. The molecule has 2 fully saturated rings. The second-order valence-electron chi connectivity index (χ2n) is 9.67. The highest BCUT2D eigenvalue weighted by Gasteiger charge is 2.53. The molecule has 0 saturated carbocycles. The first kappa shape index (κ1) is 24.7. The quantitative estimate of drug-likeness (QED) is 0.350. The average molecular weight is 489 g/mol. The molecule has 0 radical (unpaired) electrons. The highest BCUT2D eigenvalue weighted by atomic mass is 16.7. The van der Waals surface area contributed by atoms with Gasteiger partial charge in [-0.25, -0.2) is 0 Å². The van der Waals surface area contributed by atoms with E-state index < -0.39 is 29.7 Å². The number of carbonyl (C=O) groups is 1. The van der Waals surface area contributed by atoms with E-state index in [2.05, 4.69) is 36.4 Å².